The van der Waals surface area contributed by atoms with Crippen LogP contribution in [-0.4, -0.2) is 33.0 Å². The maximum absolute atomic E-state index is 12.9. The lowest BCUT2D eigenvalue weighted by atomic mass is 9.90. The smallest absolute Gasteiger partial charge is 0.196 e. The Hall–Kier alpha value is -1.65. The molecular weight excluding hydrogens is 558 g/mol. The van der Waals surface area contributed by atoms with E-state index >= 15 is 0 Å². The third kappa shape index (κ3) is 16.6. The van der Waals surface area contributed by atoms with Crippen molar-refractivity contribution in [1.82, 2.24) is 0 Å². The van der Waals surface area contributed by atoms with Crippen molar-refractivity contribution in [2.75, 3.05) is 27.2 Å². The van der Waals surface area contributed by atoms with Crippen LogP contribution in [0.15, 0.2) is 54.6 Å². The van der Waals surface area contributed by atoms with Gasteiger partial charge in [0, 0.05) is 5.56 Å². The Labute approximate surface area is 257 Å². The zero-order valence-corrected chi connectivity index (χ0v) is 27.5. The van der Waals surface area contributed by atoms with Gasteiger partial charge >= 0.3 is 0 Å². The van der Waals surface area contributed by atoms with Gasteiger partial charge in [0.2, 0.25) is 0 Å². The molecule has 0 amide bonds. The van der Waals surface area contributed by atoms with Gasteiger partial charge in [0.15, 0.2) is 5.78 Å². The second-order valence-electron chi connectivity index (χ2n) is 11.8. The summed E-state index contributed by atoms with van der Waals surface area (Å²) in [4.78, 5) is 14.4. The first-order chi connectivity index (χ1) is 19.1. The Kier molecular flexibility index (Phi) is 21.8. The molecule has 2 rings (SSSR count). The van der Waals surface area contributed by atoms with Crippen LogP contribution in [0.25, 0.3) is 0 Å². The Morgan fingerprint density at radius 1 is 0.675 bits per heavy atom. The summed E-state index contributed by atoms with van der Waals surface area (Å²) in [7, 11) is 4.51. The number of benzene rings is 2. The average molecular weight is 617 g/mol. The number of hydrogen-bond donors (Lipinski definition) is 1. The highest BCUT2D eigenvalue weighted by Crippen LogP contribution is 2.24. The summed E-state index contributed by atoms with van der Waals surface area (Å²) in [5.41, 5.74) is 1.36. The van der Waals surface area contributed by atoms with E-state index in [0.717, 1.165) is 12.3 Å². The number of rotatable bonds is 24. The fourth-order valence-electron chi connectivity index (χ4n) is 5.59. The summed E-state index contributed by atoms with van der Waals surface area (Å²) in [6.07, 6.45) is 23.2. The van der Waals surface area contributed by atoms with E-state index in [-0.39, 0.29) is 22.8 Å². The van der Waals surface area contributed by atoms with Gasteiger partial charge in [-0.2, -0.15) is 0 Å². The molecule has 1 unspecified atom stereocenters. The van der Waals surface area contributed by atoms with Gasteiger partial charge in [0.05, 0.1) is 32.8 Å². The van der Waals surface area contributed by atoms with Gasteiger partial charge in [-0.05, 0) is 37.3 Å². The number of nitrogens with one attached hydrogen (secondary N) is 1. The minimum atomic E-state index is 0. The number of unbranched alkanes of at least 4 members (excludes halogenated alkanes) is 11. The first kappa shape index (κ1) is 36.4. The zero-order valence-electron chi connectivity index (χ0n) is 25.9. The van der Waals surface area contributed by atoms with Gasteiger partial charge in [-0.1, -0.05) is 139 Å². The Bertz CT molecular complexity index is 870. The van der Waals surface area contributed by atoms with Crippen LogP contribution in [0.2, 0.25) is 0 Å². The molecule has 1 N–H and O–H groups in total. The van der Waals surface area contributed by atoms with Gasteiger partial charge in [0.1, 0.15) is 5.75 Å². The van der Waals surface area contributed by atoms with Crippen LogP contribution in [0.1, 0.15) is 132 Å². The van der Waals surface area contributed by atoms with Gasteiger partial charge in [-0.25, -0.2) is 0 Å². The second-order valence-corrected chi connectivity index (χ2v) is 11.8. The number of ether oxygens (including phenoxy) is 1. The third-order valence-electron chi connectivity index (χ3n) is 7.92. The summed E-state index contributed by atoms with van der Waals surface area (Å²) < 4.78 is 6.03. The maximum atomic E-state index is 12.9. The molecule has 0 aliphatic rings. The predicted octanol–water partition coefficient (Wildman–Crippen LogP) is 5.71. The molecule has 0 radical (unpaired) electrons. The van der Waals surface area contributed by atoms with Crippen molar-refractivity contribution >= 4 is 5.78 Å². The number of hydrogen-bond acceptors (Lipinski definition) is 2. The van der Waals surface area contributed by atoms with E-state index in [2.05, 4.69) is 21.0 Å². The molecule has 0 saturated carbocycles. The van der Waals surface area contributed by atoms with Crippen LogP contribution in [0.5, 0.6) is 5.75 Å². The van der Waals surface area contributed by atoms with Gasteiger partial charge in [-0.15, -0.1) is 0 Å². The molecular formula is C36H58BrNO2. The molecule has 0 heterocycles. The predicted molar refractivity (Wildman–Crippen MR) is 167 cm³/mol. The molecule has 2 aromatic carbocycles. The van der Waals surface area contributed by atoms with Crippen molar-refractivity contribution in [2.24, 2.45) is 5.92 Å². The van der Waals surface area contributed by atoms with E-state index in [0.29, 0.717) is 23.5 Å². The molecule has 226 valence electrons. The Morgan fingerprint density at radius 2 is 1.20 bits per heavy atom. The monoisotopic (exact) mass is 615 g/mol. The van der Waals surface area contributed by atoms with Crippen molar-refractivity contribution in [3.8, 4) is 5.75 Å². The minimum Gasteiger partial charge on any atom is -1.00 e. The lowest BCUT2D eigenvalue weighted by Gasteiger charge is -2.16. The molecule has 0 spiro atoms. The summed E-state index contributed by atoms with van der Waals surface area (Å²) in [5.74, 6) is 1.69. The molecule has 4 heteroatoms. The number of carbonyl (C=O) groups is 1. The zero-order chi connectivity index (χ0) is 28.0. The molecule has 0 saturated heterocycles. The second kappa shape index (κ2) is 24.0. The fourth-order valence-corrected chi connectivity index (χ4v) is 5.59. The molecule has 0 bridgehead atoms. The highest BCUT2D eigenvalue weighted by Gasteiger charge is 2.14. The summed E-state index contributed by atoms with van der Waals surface area (Å²) in [5, 5.41) is 0. The molecule has 2 aromatic rings. The summed E-state index contributed by atoms with van der Waals surface area (Å²) in [6.45, 7) is 4.35. The number of para-hydroxylation sites is 1. The van der Waals surface area contributed by atoms with E-state index in [1.807, 2.05) is 54.6 Å². The quantitative estimate of drug-likeness (QED) is 0.121. The largest absolute Gasteiger partial charge is 1.00 e. The maximum Gasteiger partial charge on any atom is 0.196 e. The van der Waals surface area contributed by atoms with Gasteiger partial charge in [-0.3, -0.25) is 4.79 Å². The molecule has 0 aromatic heterocycles. The first-order valence-corrected chi connectivity index (χ1v) is 16.2. The Morgan fingerprint density at radius 3 is 1.80 bits per heavy atom. The van der Waals surface area contributed by atoms with Crippen molar-refractivity contribution < 1.29 is 31.4 Å². The normalized spacial score (nSPS) is 11.8. The lowest BCUT2D eigenvalue weighted by Crippen LogP contribution is -3.05. The lowest BCUT2D eigenvalue weighted by molar-refractivity contribution is -0.858. The van der Waals surface area contributed by atoms with Crippen LogP contribution in [0.3, 0.4) is 0 Å². The van der Waals surface area contributed by atoms with Crippen molar-refractivity contribution in [3.63, 3.8) is 0 Å². The van der Waals surface area contributed by atoms with Gasteiger partial charge < -0.3 is 26.6 Å². The van der Waals surface area contributed by atoms with Crippen LogP contribution >= 0.6 is 0 Å². The van der Waals surface area contributed by atoms with E-state index in [1.54, 1.807) is 4.90 Å². The van der Waals surface area contributed by atoms with Crippen LogP contribution in [0.4, 0.5) is 0 Å². The summed E-state index contributed by atoms with van der Waals surface area (Å²) >= 11 is 0. The van der Waals surface area contributed by atoms with E-state index < -0.39 is 0 Å². The number of quaternary nitrogens is 1. The number of ketones is 1. The average Bonchev–Trinajstić information content (AvgIpc) is 2.95. The van der Waals surface area contributed by atoms with Crippen LogP contribution in [-0.2, 0) is 0 Å². The highest BCUT2D eigenvalue weighted by molar-refractivity contribution is 6.10. The SMILES string of the molecule is CCCC(CCCCCCCCCOc1ccccc1C(=O)c1ccccc1)CCCCCCCC[NH+](C)C.[Br-]. The van der Waals surface area contributed by atoms with Crippen molar-refractivity contribution in [1.29, 1.82) is 0 Å². The molecule has 0 aliphatic heterocycles. The van der Waals surface area contributed by atoms with Crippen molar-refractivity contribution in [2.45, 2.75) is 116 Å². The molecule has 3 nitrogen and oxygen atoms in total. The van der Waals surface area contributed by atoms with Crippen molar-refractivity contribution in [3.05, 3.63) is 65.7 Å². The van der Waals surface area contributed by atoms with Crippen LogP contribution in [0, 0.1) is 5.92 Å². The fraction of sp³-hybridized carbons (Fsp3) is 0.639. The number of carbonyl (C=O) groups excluding carboxylic acids is 1. The van der Waals surface area contributed by atoms with E-state index in [1.165, 1.54) is 109 Å². The van der Waals surface area contributed by atoms with Crippen LogP contribution < -0.4 is 26.6 Å². The topological polar surface area (TPSA) is 30.7 Å². The van der Waals surface area contributed by atoms with E-state index in [9.17, 15) is 4.79 Å². The highest BCUT2D eigenvalue weighted by atomic mass is 79.9. The van der Waals surface area contributed by atoms with E-state index in [4.69, 9.17) is 4.74 Å². The molecule has 0 fully saturated rings. The molecule has 0 aliphatic carbocycles. The first-order valence-electron chi connectivity index (χ1n) is 16.2. The molecule has 1 atom stereocenters. The molecule has 40 heavy (non-hydrogen) atoms. The Balaban J connectivity index is 0.00000800. The third-order valence-corrected chi connectivity index (χ3v) is 7.92. The minimum absolute atomic E-state index is 0. The van der Waals surface area contributed by atoms with Gasteiger partial charge in [0.25, 0.3) is 0 Å². The summed E-state index contributed by atoms with van der Waals surface area (Å²) in [6, 6.07) is 17.1. The standard InChI is InChI=1S/C36H57NO2.BrH/c1-4-23-32(25-16-11-7-8-12-21-30-37(2)3)24-15-10-6-5-9-13-22-31-39-35-29-20-19-28-34(35)36(38)33-26-17-14-18-27-33;/h14,17-20,26-29,32H,4-13,15-16,21-25,30-31H2,1-3H3;1H. The number of halogens is 1.